The standard InChI is InChI=1S/C17H18N2O3S/c1-10-15(23-17(19-10)11(2)21-3)16(20)18-9-13-8-12-6-4-5-7-14(12)22-13/h4-8,11H,9H2,1-3H3,(H,18,20)/t11-/m0/s1. The zero-order valence-electron chi connectivity index (χ0n) is 13.3. The summed E-state index contributed by atoms with van der Waals surface area (Å²) >= 11 is 1.36. The molecule has 0 spiro atoms. The van der Waals surface area contributed by atoms with Gasteiger partial charge in [-0.2, -0.15) is 0 Å². The Kier molecular flexibility index (Phi) is 4.45. The summed E-state index contributed by atoms with van der Waals surface area (Å²) in [4.78, 5) is 17.4. The second-order valence-corrected chi connectivity index (χ2v) is 6.31. The summed E-state index contributed by atoms with van der Waals surface area (Å²) in [6.45, 7) is 4.09. The summed E-state index contributed by atoms with van der Waals surface area (Å²) in [5.41, 5.74) is 1.54. The smallest absolute Gasteiger partial charge is 0.263 e. The molecular weight excluding hydrogens is 312 g/mol. The fraction of sp³-hybridized carbons (Fsp3) is 0.294. The van der Waals surface area contributed by atoms with Gasteiger partial charge in [0.05, 0.1) is 12.2 Å². The SMILES string of the molecule is CO[C@@H](C)c1nc(C)c(C(=O)NCc2cc3ccccc3o2)s1. The highest BCUT2D eigenvalue weighted by molar-refractivity contribution is 7.13. The van der Waals surface area contributed by atoms with Crippen molar-refractivity contribution in [1.29, 1.82) is 0 Å². The van der Waals surface area contributed by atoms with Crippen molar-refractivity contribution >= 4 is 28.2 Å². The Morgan fingerprint density at radius 3 is 2.96 bits per heavy atom. The van der Waals surface area contributed by atoms with Crippen molar-refractivity contribution in [2.45, 2.75) is 26.5 Å². The second kappa shape index (κ2) is 6.52. The van der Waals surface area contributed by atoms with Crippen LogP contribution in [0.2, 0.25) is 0 Å². The third-order valence-corrected chi connectivity index (χ3v) is 4.94. The Morgan fingerprint density at radius 1 is 1.43 bits per heavy atom. The first-order chi connectivity index (χ1) is 11.1. The molecule has 2 aromatic heterocycles. The monoisotopic (exact) mass is 330 g/mol. The maximum absolute atomic E-state index is 12.4. The summed E-state index contributed by atoms with van der Waals surface area (Å²) in [7, 11) is 1.63. The number of aryl methyl sites for hydroxylation is 1. The van der Waals surface area contributed by atoms with E-state index in [1.54, 1.807) is 7.11 Å². The second-order valence-electron chi connectivity index (χ2n) is 5.28. The van der Waals surface area contributed by atoms with Crippen molar-refractivity contribution in [3.8, 4) is 0 Å². The minimum absolute atomic E-state index is 0.115. The minimum Gasteiger partial charge on any atom is -0.459 e. The molecule has 3 rings (SSSR count). The van der Waals surface area contributed by atoms with Gasteiger partial charge in [0.25, 0.3) is 5.91 Å². The molecule has 23 heavy (non-hydrogen) atoms. The number of hydrogen-bond donors (Lipinski definition) is 1. The Hall–Kier alpha value is -2.18. The number of aromatic nitrogens is 1. The molecule has 120 valence electrons. The van der Waals surface area contributed by atoms with Crippen LogP contribution in [0.4, 0.5) is 0 Å². The van der Waals surface area contributed by atoms with Crippen LogP contribution in [-0.4, -0.2) is 18.0 Å². The van der Waals surface area contributed by atoms with Gasteiger partial charge in [-0.15, -0.1) is 11.3 Å². The van der Waals surface area contributed by atoms with Gasteiger partial charge < -0.3 is 14.5 Å². The van der Waals surface area contributed by atoms with Gasteiger partial charge in [0.2, 0.25) is 0 Å². The molecule has 6 heteroatoms. The first-order valence-corrected chi connectivity index (χ1v) is 8.16. The molecule has 0 unspecified atom stereocenters. The van der Waals surface area contributed by atoms with Crippen LogP contribution in [0.15, 0.2) is 34.7 Å². The molecule has 3 aromatic rings. The van der Waals surface area contributed by atoms with Crippen LogP contribution in [-0.2, 0) is 11.3 Å². The van der Waals surface area contributed by atoms with Crippen LogP contribution < -0.4 is 5.32 Å². The molecule has 1 atom stereocenters. The summed E-state index contributed by atoms with van der Waals surface area (Å²) in [5, 5.41) is 4.72. The number of ether oxygens (including phenoxy) is 1. The highest BCUT2D eigenvalue weighted by Gasteiger charge is 2.18. The van der Waals surface area contributed by atoms with Crippen LogP contribution in [0.25, 0.3) is 11.0 Å². The predicted molar refractivity (Wildman–Crippen MR) is 89.7 cm³/mol. The van der Waals surface area contributed by atoms with E-state index in [9.17, 15) is 4.79 Å². The lowest BCUT2D eigenvalue weighted by Crippen LogP contribution is -2.22. The van der Waals surface area contributed by atoms with Crippen molar-refractivity contribution in [2.24, 2.45) is 0 Å². The number of benzene rings is 1. The van der Waals surface area contributed by atoms with E-state index in [0.717, 1.165) is 27.4 Å². The number of methoxy groups -OCH3 is 1. The zero-order chi connectivity index (χ0) is 16.4. The van der Waals surface area contributed by atoms with Crippen molar-refractivity contribution in [3.63, 3.8) is 0 Å². The van der Waals surface area contributed by atoms with Gasteiger partial charge >= 0.3 is 0 Å². The fourth-order valence-corrected chi connectivity index (χ4v) is 3.29. The molecule has 5 nitrogen and oxygen atoms in total. The third-order valence-electron chi connectivity index (χ3n) is 3.62. The number of furan rings is 1. The number of nitrogens with zero attached hydrogens (tertiary/aromatic N) is 1. The topological polar surface area (TPSA) is 64.4 Å². The molecule has 2 heterocycles. The molecule has 0 aliphatic rings. The number of para-hydroxylation sites is 1. The molecule has 0 aliphatic heterocycles. The molecular formula is C17H18N2O3S. The Bertz CT molecular complexity index is 804. The van der Waals surface area contributed by atoms with Crippen LogP contribution in [0.1, 0.15) is 39.2 Å². The number of rotatable bonds is 5. The molecule has 1 N–H and O–H groups in total. The average molecular weight is 330 g/mol. The van der Waals surface area contributed by atoms with Crippen molar-refractivity contribution < 1.29 is 13.9 Å². The van der Waals surface area contributed by atoms with E-state index in [-0.39, 0.29) is 12.0 Å². The molecule has 0 bridgehead atoms. The van der Waals surface area contributed by atoms with Gasteiger partial charge in [0.15, 0.2) is 0 Å². The highest BCUT2D eigenvalue weighted by Crippen LogP contribution is 2.25. The van der Waals surface area contributed by atoms with Gasteiger partial charge in [-0.25, -0.2) is 4.98 Å². The van der Waals surface area contributed by atoms with Gasteiger partial charge in [-0.3, -0.25) is 4.79 Å². The summed E-state index contributed by atoms with van der Waals surface area (Å²) in [5.74, 6) is 0.585. The summed E-state index contributed by atoms with van der Waals surface area (Å²) < 4.78 is 10.9. The third kappa shape index (κ3) is 3.28. The van der Waals surface area contributed by atoms with E-state index in [2.05, 4.69) is 10.3 Å². The number of thiazole rings is 1. The molecule has 0 aliphatic carbocycles. The molecule has 0 saturated heterocycles. The lowest BCUT2D eigenvalue weighted by molar-refractivity contribution is 0.0951. The Labute approximate surface area is 138 Å². The van der Waals surface area contributed by atoms with Crippen LogP contribution in [0.5, 0.6) is 0 Å². The van der Waals surface area contributed by atoms with Gasteiger partial charge in [-0.05, 0) is 26.0 Å². The van der Waals surface area contributed by atoms with Crippen LogP contribution in [0, 0.1) is 6.92 Å². The summed E-state index contributed by atoms with van der Waals surface area (Å²) in [6, 6.07) is 9.71. The number of nitrogens with one attached hydrogen (secondary N) is 1. The van der Waals surface area contributed by atoms with Gasteiger partial charge in [-0.1, -0.05) is 18.2 Å². The Balaban J connectivity index is 1.70. The van der Waals surface area contributed by atoms with Gasteiger partial charge in [0.1, 0.15) is 27.3 Å². The number of fused-ring (bicyclic) bond motifs is 1. The van der Waals surface area contributed by atoms with Crippen LogP contribution >= 0.6 is 11.3 Å². The number of hydrogen-bond acceptors (Lipinski definition) is 5. The van der Waals surface area contributed by atoms with E-state index < -0.39 is 0 Å². The maximum Gasteiger partial charge on any atom is 0.263 e. The Morgan fingerprint density at radius 2 is 2.22 bits per heavy atom. The normalized spacial score (nSPS) is 12.5. The number of carbonyl (C=O) groups is 1. The van der Waals surface area contributed by atoms with E-state index in [1.165, 1.54) is 11.3 Å². The number of carbonyl (C=O) groups excluding carboxylic acids is 1. The van der Waals surface area contributed by atoms with E-state index >= 15 is 0 Å². The van der Waals surface area contributed by atoms with Gasteiger partial charge in [0, 0.05) is 12.5 Å². The molecule has 0 radical (unpaired) electrons. The average Bonchev–Trinajstić information content (AvgIpc) is 3.14. The number of amides is 1. The predicted octanol–water partition coefficient (Wildman–Crippen LogP) is 3.84. The van der Waals surface area contributed by atoms with E-state index in [4.69, 9.17) is 9.15 Å². The van der Waals surface area contributed by atoms with Crippen molar-refractivity contribution in [2.75, 3.05) is 7.11 Å². The minimum atomic E-state index is -0.144. The van der Waals surface area contributed by atoms with E-state index in [1.807, 2.05) is 44.2 Å². The largest absolute Gasteiger partial charge is 0.459 e. The zero-order valence-corrected chi connectivity index (χ0v) is 14.1. The highest BCUT2D eigenvalue weighted by atomic mass is 32.1. The molecule has 1 amide bonds. The van der Waals surface area contributed by atoms with E-state index in [0.29, 0.717) is 11.4 Å². The lowest BCUT2D eigenvalue weighted by atomic mass is 10.2. The lowest BCUT2D eigenvalue weighted by Gasteiger charge is -2.03. The van der Waals surface area contributed by atoms with Crippen LogP contribution in [0.3, 0.4) is 0 Å². The first-order valence-electron chi connectivity index (χ1n) is 7.34. The summed E-state index contributed by atoms with van der Waals surface area (Å²) in [6.07, 6.45) is -0.115. The first kappa shape index (κ1) is 15.7. The fourth-order valence-electron chi connectivity index (χ4n) is 2.27. The quantitative estimate of drug-likeness (QED) is 0.772. The van der Waals surface area contributed by atoms with Crippen molar-refractivity contribution in [1.82, 2.24) is 10.3 Å². The molecule has 1 aromatic carbocycles. The maximum atomic E-state index is 12.4. The molecule has 0 fully saturated rings. The molecule has 0 saturated carbocycles. The van der Waals surface area contributed by atoms with Crippen molar-refractivity contribution in [3.05, 3.63) is 51.7 Å².